The Kier molecular flexibility index (Phi) is 11.2. The third-order valence-corrected chi connectivity index (χ3v) is 12.6. The molecule has 1 unspecified atom stereocenters. The second-order valence-corrected chi connectivity index (χ2v) is 18.5. The molecule has 0 spiro atoms. The number of rotatable bonds is 15. The maximum absolute atomic E-state index is 11.4. The summed E-state index contributed by atoms with van der Waals surface area (Å²) >= 11 is 0. The lowest BCUT2D eigenvalue weighted by atomic mass is 9.77. The van der Waals surface area contributed by atoms with Crippen molar-refractivity contribution < 1.29 is 30.5 Å². The number of nitrogens with zero attached hydrogens (tertiary/aromatic N) is 2. The predicted molar refractivity (Wildman–Crippen MR) is 218 cm³/mol. The van der Waals surface area contributed by atoms with Gasteiger partial charge < -0.3 is 4.90 Å². The van der Waals surface area contributed by atoms with Crippen molar-refractivity contribution >= 4 is 58.9 Å². The second-order valence-electron chi connectivity index (χ2n) is 15.3. The number of hydrogen-bond acceptors (Lipinski definition) is 5. The summed E-state index contributed by atoms with van der Waals surface area (Å²) in [6, 6.07) is 25.7. The maximum Gasteiger partial charge on any atom is 0.264 e. The van der Waals surface area contributed by atoms with Crippen LogP contribution in [0.25, 0.3) is 21.5 Å². The van der Waals surface area contributed by atoms with Gasteiger partial charge in [0.05, 0.1) is 16.9 Å². The number of fused-ring (bicyclic) bond motifs is 6. The minimum atomic E-state index is -4.01. The molecule has 280 valence electrons. The molecule has 0 saturated carbocycles. The number of hydrogen-bond donors (Lipinski definition) is 2. The summed E-state index contributed by atoms with van der Waals surface area (Å²) in [5.41, 5.74) is 5.55. The van der Waals surface area contributed by atoms with Gasteiger partial charge >= 0.3 is 0 Å². The fourth-order valence-electron chi connectivity index (χ4n) is 8.56. The Labute approximate surface area is 314 Å². The molecule has 0 aliphatic carbocycles. The average molecular weight is 756 g/mol. The van der Waals surface area contributed by atoms with E-state index in [-0.39, 0.29) is 28.4 Å². The van der Waals surface area contributed by atoms with E-state index in [1.807, 2.05) is 18.2 Å². The van der Waals surface area contributed by atoms with E-state index in [1.54, 1.807) is 0 Å². The molecule has 2 N–H and O–H groups in total. The third kappa shape index (κ3) is 8.36. The molecule has 0 amide bonds. The molecule has 1 atom stereocenters. The smallest absolute Gasteiger partial charge is 0.264 e. The Morgan fingerprint density at radius 3 is 1.94 bits per heavy atom. The molecular weight excluding hydrogens is 705 g/mol. The van der Waals surface area contributed by atoms with Crippen molar-refractivity contribution in [1.29, 1.82) is 0 Å². The van der Waals surface area contributed by atoms with Crippen molar-refractivity contribution in [3.8, 4) is 0 Å². The van der Waals surface area contributed by atoms with Gasteiger partial charge in [0, 0.05) is 47.8 Å². The SMILES string of the molecule is CC1(C)C(/C=C/C=C/C=C/CC2N(CCCCS(=O)(=O)O)c3ccc4ccccc4c3C2(C)C)=[N+](CCCCS(=O)(=O)O)c2ccc3ccccc3c21. The largest absolute Gasteiger partial charge is 0.367 e. The van der Waals surface area contributed by atoms with E-state index >= 15 is 0 Å². The molecule has 0 fully saturated rings. The van der Waals surface area contributed by atoms with Gasteiger partial charge in [-0.05, 0) is 78.8 Å². The molecule has 10 heteroatoms. The number of allylic oxidation sites excluding steroid dienone is 5. The minimum absolute atomic E-state index is 0.159. The highest BCUT2D eigenvalue weighted by Crippen LogP contribution is 2.50. The van der Waals surface area contributed by atoms with Crippen LogP contribution in [0.4, 0.5) is 11.4 Å². The second kappa shape index (κ2) is 15.3. The van der Waals surface area contributed by atoms with Crippen LogP contribution < -0.4 is 4.90 Å². The Morgan fingerprint density at radius 2 is 1.28 bits per heavy atom. The third-order valence-electron chi connectivity index (χ3n) is 11.0. The highest BCUT2D eigenvalue weighted by Gasteiger charge is 2.46. The first-order valence-electron chi connectivity index (χ1n) is 18.5. The van der Waals surface area contributed by atoms with Crippen molar-refractivity contribution in [3.63, 3.8) is 0 Å². The van der Waals surface area contributed by atoms with E-state index < -0.39 is 20.2 Å². The summed E-state index contributed by atoms with van der Waals surface area (Å²) in [4.78, 5) is 2.42. The zero-order valence-electron chi connectivity index (χ0n) is 31.1. The van der Waals surface area contributed by atoms with Gasteiger partial charge in [-0.1, -0.05) is 98.8 Å². The number of anilines is 1. The van der Waals surface area contributed by atoms with Crippen LogP contribution in [0.5, 0.6) is 0 Å². The minimum Gasteiger partial charge on any atom is -0.367 e. The van der Waals surface area contributed by atoms with Gasteiger partial charge in [0.25, 0.3) is 20.2 Å². The van der Waals surface area contributed by atoms with Crippen LogP contribution in [0.1, 0.15) is 70.9 Å². The molecule has 53 heavy (non-hydrogen) atoms. The molecule has 2 heterocycles. The molecule has 0 aromatic heterocycles. The lowest BCUT2D eigenvalue weighted by Gasteiger charge is -2.34. The summed E-state index contributed by atoms with van der Waals surface area (Å²) < 4.78 is 66.4. The quantitative estimate of drug-likeness (QED) is 0.0539. The van der Waals surface area contributed by atoms with E-state index in [4.69, 9.17) is 0 Å². The molecule has 4 aromatic carbocycles. The Hall–Kier alpha value is -4.09. The lowest BCUT2D eigenvalue weighted by Crippen LogP contribution is -2.41. The molecule has 0 saturated heterocycles. The van der Waals surface area contributed by atoms with Crippen LogP contribution in [0.15, 0.2) is 109 Å². The van der Waals surface area contributed by atoms with E-state index in [0.717, 1.165) is 17.8 Å². The molecular formula is C43H51N2O6S2+. The summed E-state index contributed by atoms with van der Waals surface area (Å²) in [5.74, 6) is -0.482. The van der Waals surface area contributed by atoms with Crippen LogP contribution in [0, 0.1) is 0 Å². The molecule has 2 aliphatic rings. The summed E-state index contributed by atoms with van der Waals surface area (Å²) in [5, 5.41) is 4.83. The van der Waals surface area contributed by atoms with Gasteiger partial charge in [-0.2, -0.15) is 21.4 Å². The highest BCUT2D eigenvalue weighted by atomic mass is 32.2. The fourth-order valence-corrected chi connectivity index (χ4v) is 9.69. The Morgan fingerprint density at radius 1 is 0.698 bits per heavy atom. The molecule has 4 aromatic rings. The number of benzene rings is 4. The summed E-state index contributed by atoms with van der Waals surface area (Å²) in [6.07, 6.45) is 15.4. The normalized spacial score (nSPS) is 18.4. The zero-order valence-corrected chi connectivity index (χ0v) is 32.7. The molecule has 6 rings (SSSR count). The molecule has 8 nitrogen and oxygen atoms in total. The summed E-state index contributed by atoms with van der Waals surface area (Å²) in [7, 11) is -8.00. The van der Waals surface area contributed by atoms with Crippen LogP contribution in [-0.2, 0) is 31.1 Å². The molecule has 0 radical (unpaired) electrons. The van der Waals surface area contributed by atoms with E-state index in [2.05, 4.69) is 128 Å². The summed E-state index contributed by atoms with van der Waals surface area (Å²) in [6.45, 7) is 10.4. The average Bonchev–Trinajstić information content (AvgIpc) is 3.45. The van der Waals surface area contributed by atoms with Crippen LogP contribution >= 0.6 is 0 Å². The molecule has 0 bridgehead atoms. The van der Waals surface area contributed by atoms with Gasteiger partial charge in [0.2, 0.25) is 5.69 Å². The van der Waals surface area contributed by atoms with Gasteiger partial charge in [0.15, 0.2) is 5.71 Å². The predicted octanol–water partition coefficient (Wildman–Crippen LogP) is 8.93. The fraction of sp³-hybridized carbons (Fsp3) is 0.372. The van der Waals surface area contributed by atoms with Crippen molar-refractivity contribution in [2.75, 3.05) is 29.5 Å². The van der Waals surface area contributed by atoms with Crippen molar-refractivity contribution in [1.82, 2.24) is 0 Å². The topological polar surface area (TPSA) is 115 Å². The Balaban J connectivity index is 1.21. The Bertz CT molecular complexity index is 2350. The van der Waals surface area contributed by atoms with Crippen molar-refractivity contribution in [3.05, 3.63) is 120 Å². The van der Waals surface area contributed by atoms with Gasteiger partial charge in [-0.25, -0.2) is 0 Å². The van der Waals surface area contributed by atoms with Crippen LogP contribution in [0.2, 0.25) is 0 Å². The van der Waals surface area contributed by atoms with Crippen molar-refractivity contribution in [2.45, 2.75) is 76.7 Å². The van der Waals surface area contributed by atoms with Gasteiger partial charge in [-0.15, -0.1) is 0 Å². The highest BCUT2D eigenvalue weighted by molar-refractivity contribution is 7.86. The van der Waals surface area contributed by atoms with Crippen LogP contribution in [-0.4, -0.2) is 66.9 Å². The van der Waals surface area contributed by atoms with Gasteiger partial charge in [0.1, 0.15) is 6.54 Å². The first-order valence-corrected chi connectivity index (χ1v) is 21.7. The van der Waals surface area contributed by atoms with E-state index in [0.29, 0.717) is 38.8 Å². The first kappa shape index (κ1) is 38.6. The van der Waals surface area contributed by atoms with E-state index in [1.165, 1.54) is 38.4 Å². The van der Waals surface area contributed by atoms with Gasteiger partial charge in [-0.3, -0.25) is 9.11 Å². The van der Waals surface area contributed by atoms with E-state index in [9.17, 15) is 25.9 Å². The zero-order chi connectivity index (χ0) is 38.0. The monoisotopic (exact) mass is 755 g/mol. The van der Waals surface area contributed by atoms with Crippen molar-refractivity contribution in [2.24, 2.45) is 0 Å². The van der Waals surface area contributed by atoms with Crippen LogP contribution in [0.3, 0.4) is 0 Å². The lowest BCUT2D eigenvalue weighted by molar-refractivity contribution is -0.438. The molecule has 2 aliphatic heterocycles. The maximum atomic E-state index is 11.4. The number of unbranched alkanes of at least 4 members (excludes halogenated alkanes) is 2. The first-order chi connectivity index (χ1) is 25.1. The standard InChI is InChI=1S/C43H50N2O6S2/c1-42(2)38(44(28-14-16-30-52(46,47)48)36-26-24-32-18-10-12-20-34(32)40(36)42)22-8-6-5-7-9-23-39-43(3,4)41-35-21-13-11-19-33(35)25-27-37(41)45(39)29-15-17-31-53(49,50)51/h5-13,18-22,24-27,39H,14-17,23,28-31H2,1-4H3,(H-,46,47,48,49,50,51)/p+1/b6-5+,9-7+,22-8+.